The summed E-state index contributed by atoms with van der Waals surface area (Å²) in [5.74, 6) is -0.479. The van der Waals surface area contributed by atoms with Crippen molar-refractivity contribution in [1.29, 1.82) is 0 Å². The van der Waals surface area contributed by atoms with Crippen molar-refractivity contribution in [2.75, 3.05) is 0 Å². The first-order valence-electron chi connectivity index (χ1n) is 9.30. The van der Waals surface area contributed by atoms with Crippen molar-refractivity contribution in [3.8, 4) is 0 Å². The van der Waals surface area contributed by atoms with E-state index >= 15 is 0 Å². The number of aryl methyl sites for hydroxylation is 2. The zero-order valence-corrected chi connectivity index (χ0v) is 17.4. The quantitative estimate of drug-likeness (QED) is 0.791. The highest BCUT2D eigenvalue weighted by molar-refractivity contribution is 6.00. The molecule has 0 saturated carbocycles. The maximum atomic E-state index is 13.2. The Balaban J connectivity index is 2.40. The molecule has 0 saturated heterocycles. The van der Waals surface area contributed by atoms with Crippen LogP contribution in [0, 0.1) is 26.2 Å². The average Bonchev–Trinajstić information content (AvgIpc) is 2.59. The molecule has 2 amide bonds. The Kier molecular flexibility index (Phi) is 6.09. The van der Waals surface area contributed by atoms with Crippen molar-refractivity contribution >= 4 is 11.8 Å². The zero-order chi connectivity index (χ0) is 20.4. The Bertz CT molecular complexity index is 850. The second-order valence-corrected chi connectivity index (χ2v) is 8.28. The number of rotatable bonds is 3. The lowest BCUT2D eigenvalue weighted by molar-refractivity contribution is 0.0336. The van der Waals surface area contributed by atoms with E-state index < -0.39 is 0 Å². The summed E-state index contributed by atoms with van der Waals surface area (Å²) in [5, 5.41) is 1.47. The third-order valence-electron chi connectivity index (χ3n) is 5.20. The van der Waals surface area contributed by atoms with Crippen LogP contribution in [0.5, 0.6) is 0 Å². The molecule has 2 aromatic rings. The van der Waals surface area contributed by atoms with Gasteiger partial charge in [0, 0.05) is 11.1 Å². The second-order valence-electron chi connectivity index (χ2n) is 8.28. The van der Waals surface area contributed by atoms with Gasteiger partial charge in [-0.05, 0) is 62.4 Å². The molecule has 1 atom stereocenters. The van der Waals surface area contributed by atoms with E-state index in [4.69, 9.17) is 0 Å². The van der Waals surface area contributed by atoms with Gasteiger partial charge in [0.2, 0.25) is 0 Å². The Morgan fingerprint density at radius 1 is 1.00 bits per heavy atom. The molecule has 0 bridgehead atoms. The van der Waals surface area contributed by atoms with Gasteiger partial charge in [-0.25, -0.2) is 5.01 Å². The molecule has 0 fully saturated rings. The van der Waals surface area contributed by atoms with Crippen LogP contribution in [0.25, 0.3) is 0 Å². The van der Waals surface area contributed by atoms with Crippen LogP contribution in [0.1, 0.15) is 65.1 Å². The van der Waals surface area contributed by atoms with Gasteiger partial charge in [0.25, 0.3) is 11.8 Å². The maximum Gasteiger partial charge on any atom is 0.272 e. The average molecular weight is 367 g/mol. The number of benzene rings is 2. The van der Waals surface area contributed by atoms with E-state index in [2.05, 4.69) is 26.2 Å². The van der Waals surface area contributed by atoms with Crippen molar-refractivity contribution in [2.45, 2.75) is 54.5 Å². The summed E-state index contributed by atoms with van der Waals surface area (Å²) in [6, 6.07) is 12.8. The molecular formula is C23H30N2O2. The first kappa shape index (κ1) is 20.7. The monoisotopic (exact) mass is 366 g/mol. The fraction of sp³-hybridized carbons (Fsp3) is 0.391. The van der Waals surface area contributed by atoms with Gasteiger partial charge in [-0.3, -0.25) is 15.0 Å². The molecule has 144 valence electrons. The van der Waals surface area contributed by atoms with E-state index in [1.165, 1.54) is 5.01 Å². The summed E-state index contributed by atoms with van der Waals surface area (Å²) in [4.78, 5) is 26.2. The minimum absolute atomic E-state index is 0.195. The van der Waals surface area contributed by atoms with Gasteiger partial charge in [0.05, 0.1) is 6.04 Å². The summed E-state index contributed by atoms with van der Waals surface area (Å²) in [5.41, 5.74) is 6.78. The lowest BCUT2D eigenvalue weighted by Crippen LogP contribution is -2.55. The molecule has 2 aromatic carbocycles. The van der Waals surface area contributed by atoms with Crippen LogP contribution in [0.2, 0.25) is 0 Å². The molecule has 0 spiro atoms. The largest absolute Gasteiger partial charge is 0.272 e. The summed E-state index contributed by atoms with van der Waals surface area (Å²) in [7, 11) is 0. The first-order valence-corrected chi connectivity index (χ1v) is 9.30. The summed E-state index contributed by atoms with van der Waals surface area (Å²) < 4.78 is 0. The van der Waals surface area contributed by atoms with Crippen molar-refractivity contribution in [1.82, 2.24) is 10.4 Å². The topological polar surface area (TPSA) is 49.4 Å². The molecule has 0 radical (unpaired) electrons. The van der Waals surface area contributed by atoms with Crippen molar-refractivity contribution in [2.24, 2.45) is 5.41 Å². The summed E-state index contributed by atoms with van der Waals surface area (Å²) >= 11 is 0. The van der Waals surface area contributed by atoms with Crippen molar-refractivity contribution in [3.63, 3.8) is 0 Å². The van der Waals surface area contributed by atoms with Crippen molar-refractivity contribution < 1.29 is 9.59 Å². The lowest BCUT2D eigenvalue weighted by atomic mass is 9.87. The highest BCUT2D eigenvalue weighted by atomic mass is 16.2. The number of nitrogens with one attached hydrogen (secondary N) is 1. The predicted molar refractivity (Wildman–Crippen MR) is 110 cm³/mol. The molecule has 27 heavy (non-hydrogen) atoms. The Morgan fingerprint density at radius 2 is 1.63 bits per heavy atom. The number of hydrogen-bond donors (Lipinski definition) is 1. The van der Waals surface area contributed by atoms with E-state index in [1.807, 2.05) is 58.0 Å². The molecule has 0 heterocycles. The smallest absolute Gasteiger partial charge is 0.267 e. The van der Waals surface area contributed by atoms with Crippen LogP contribution in [0.4, 0.5) is 0 Å². The SMILES string of the molecule is Cc1cccc(C(=O)N(NC(=O)c2cccc(C)c2C)C(C)C(C)(C)C)c1. The van der Waals surface area contributed by atoms with Gasteiger partial charge in [0.15, 0.2) is 0 Å². The molecule has 4 nitrogen and oxygen atoms in total. The fourth-order valence-electron chi connectivity index (χ4n) is 2.79. The number of carbonyl (C=O) groups excluding carboxylic acids is 2. The molecule has 0 aliphatic carbocycles. The zero-order valence-electron chi connectivity index (χ0n) is 17.4. The summed E-state index contributed by atoms with van der Waals surface area (Å²) in [6.07, 6.45) is 0. The number of nitrogens with zero attached hydrogens (tertiary/aromatic N) is 1. The molecule has 0 aromatic heterocycles. The number of amides is 2. The molecule has 0 aliphatic heterocycles. The van der Waals surface area contributed by atoms with E-state index in [0.29, 0.717) is 11.1 Å². The molecule has 2 rings (SSSR count). The van der Waals surface area contributed by atoms with Gasteiger partial charge < -0.3 is 0 Å². The lowest BCUT2D eigenvalue weighted by Gasteiger charge is -2.37. The Hall–Kier alpha value is -2.62. The number of hydrogen-bond acceptors (Lipinski definition) is 2. The van der Waals surface area contributed by atoms with E-state index in [0.717, 1.165) is 16.7 Å². The van der Waals surface area contributed by atoms with Crippen LogP contribution in [0.3, 0.4) is 0 Å². The number of carbonyl (C=O) groups is 2. The van der Waals surface area contributed by atoms with Crippen LogP contribution in [0.15, 0.2) is 42.5 Å². The standard InChI is InChI=1S/C23H30N2O2/c1-15-10-8-12-19(14-15)22(27)25(18(4)23(5,6)7)24-21(26)20-13-9-11-16(2)17(20)3/h8-14,18H,1-7H3,(H,24,26). The minimum Gasteiger partial charge on any atom is -0.267 e. The third-order valence-corrected chi connectivity index (χ3v) is 5.20. The number of hydrazine groups is 1. The van der Waals surface area contributed by atoms with E-state index in [-0.39, 0.29) is 23.3 Å². The molecular weight excluding hydrogens is 336 g/mol. The first-order chi connectivity index (χ1) is 12.5. The fourth-order valence-corrected chi connectivity index (χ4v) is 2.79. The maximum absolute atomic E-state index is 13.2. The highest BCUT2D eigenvalue weighted by Gasteiger charge is 2.32. The minimum atomic E-state index is -0.270. The van der Waals surface area contributed by atoms with Gasteiger partial charge in [-0.2, -0.15) is 0 Å². The van der Waals surface area contributed by atoms with Gasteiger partial charge in [-0.15, -0.1) is 0 Å². The molecule has 4 heteroatoms. The third kappa shape index (κ3) is 4.76. The van der Waals surface area contributed by atoms with Crippen molar-refractivity contribution in [3.05, 3.63) is 70.3 Å². The molecule has 1 unspecified atom stereocenters. The van der Waals surface area contributed by atoms with Gasteiger partial charge in [0.1, 0.15) is 0 Å². The van der Waals surface area contributed by atoms with Gasteiger partial charge >= 0.3 is 0 Å². The Labute approximate surface area is 162 Å². The second kappa shape index (κ2) is 7.95. The van der Waals surface area contributed by atoms with Crippen LogP contribution < -0.4 is 5.43 Å². The highest BCUT2D eigenvalue weighted by Crippen LogP contribution is 2.25. The predicted octanol–water partition coefficient (Wildman–Crippen LogP) is 4.83. The Morgan fingerprint density at radius 3 is 2.22 bits per heavy atom. The van der Waals surface area contributed by atoms with Gasteiger partial charge in [-0.1, -0.05) is 50.6 Å². The van der Waals surface area contributed by atoms with Crippen LogP contribution >= 0.6 is 0 Å². The van der Waals surface area contributed by atoms with Crippen LogP contribution in [-0.4, -0.2) is 22.9 Å². The van der Waals surface area contributed by atoms with Crippen LogP contribution in [-0.2, 0) is 0 Å². The van der Waals surface area contributed by atoms with E-state index in [1.54, 1.807) is 12.1 Å². The molecule has 1 N–H and O–H groups in total. The van der Waals surface area contributed by atoms with E-state index in [9.17, 15) is 9.59 Å². The summed E-state index contributed by atoms with van der Waals surface area (Å²) in [6.45, 7) is 14.0. The molecule has 0 aliphatic rings. The normalized spacial score (nSPS) is 12.4.